The molecule has 0 aromatic heterocycles. The Kier molecular flexibility index (Phi) is 5.06. The van der Waals surface area contributed by atoms with Gasteiger partial charge in [-0.2, -0.15) is 0 Å². The first-order valence-electron chi connectivity index (χ1n) is 5.45. The van der Waals surface area contributed by atoms with E-state index < -0.39 is 0 Å². The van der Waals surface area contributed by atoms with Crippen molar-refractivity contribution in [3.05, 3.63) is 33.4 Å². The van der Waals surface area contributed by atoms with Gasteiger partial charge in [-0.15, -0.1) is 0 Å². The van der Waals surface area contributed by atoms with Gasteiger partial charge < -0.3 is 5.11 Å². The largest absolute Gasteiger partial charge is 0.396 e. The molecule has 1 N–H and O–H groups in total. The third-order valence-electron chi connectivity index (χ3n) is 2.78. The zero-order chi connectivity index (χ0) is 11.3. The first-order valence-corrected chi connectivity index (χ1v) is 6.53. The lowest BCUT2D eigenvalue weighted by atomic mass is 9.80. The van der Waals surface area contributed by atoms with Crippen LogP contribution in [-0.2, 0) is 6.42 Å². The van der Waals surface area contributed by atoms with Gasteiger partial charge in [-0.25, -0.2) is 0 Å². The van der Waals surface area contributed by atoms with E-state index in [1.54, 1.807) is 0 Å². The fourth-order valence-electron chi connectivity index (χ4n) is 1.92. The highest BCUT2D eigenvalue weighted by Crippen LogP contribution is 2.27. The first-order chi connectivity index (χ1) is 7.09. The Morgan fingerprint density at radius 2 is 1.87 bits per heavy atom. The maximum atomic E-state index is 9.43. The maximum absolute atomic E-state index is 9.43. The van der Waals surface area contributed by atoms with Crippen molar-refractivity contribution in [2.75, 3.05) is 6.61 Å². The topological polar surface area (TPSA) is 20.2 Å². The minimum Gasteiger partial charge on any atom is -0.396 e. The van der Waals surface area contributed by atoms with E-state index in [4.69, 9.17) is 0 Å². The molecule has 1 unspecified atom stereocenters. The molecule has 1 aromatic carbocycles. The zero-order valence-electron chi connectivity index (χ0n) is 9.46. The molecule has 1 atom stereocenters. The summed E-state index contributed by atoms with van der Waals surface area (Å²) in [4.78, 5) is 0. The lowest BCUT2D eigenvalue weighted by Crippen LogP contribution is -2.24. The monoisotopic (exact) mass is 318 g/mol. The minimum absolute atomic E-state index is 0.0432. The van der Waals surface area contributed by atoms with Crippen molar-refractivity contribution in [2.24, 2.45) is 5.41 Å². The van der Waals surface area contributed by atoms with E-state index in [0.29, 0.717) is 0 Å². The lowest BCUT2D eigenvalue weighted by Gasteiger charge is -2.26. The summed E-state index contributed by atoms with van der Waals surface area (Å²) < 4.78 is 1.26. The quantitative estimate of drug-likeness (QED) is 0.822. The van der Waals surface area contributed by atoms with E-state index >= 15 is 0 Å². The average molecular weight is 318 g/mol. The Hall–Kier alpha value is -0.0900. The molecular formula is C13H19IO. The molecule has 0 aliphatic carbocycles. The molecule has 1 rings (SSSR count). The van der Waals surface area contributed by atoms with Crippen molar-refractivity contribution < 1.29 is 5.11 Å². The number of aliphatic hydroxyl groups is 1. The molecule has 84 valence electrons. The Morgan fingerprint density at radius 1 is 1.27 bits per heavy atom. The van der Waals surface area contributed by atoms with Crippen LogP contribution in [0.4, 0.5) is 0 Å². The van der Waals surface area contributed by atoms with Crippen LogP contribution in [0.25, 0.3) is 0 Å². The van der Waals surface area contributed by atoms with Crippen LogP contribution in [0.5, 0.6) is 0 Å². The van der Waals surface area contributed by atoms with Gasteiger partial charge in [-0.05, 0) is 58.5 Å². The molecule has 15 heavy (non-hydrogen) atoms. The van der Waals surface area contributed by atoms with Crippen LogP contribution in [0.1, 0.15) is 32.3 Å². The molecule has 1 nitrogen and oxygen atoms in total. The highest BCUT2D eigenvalue weighted by molar-refractivity contribution is 14.1. The predicted molar refractivity (Wildman–Crippen MR) is 73.0 cm³/mol. The Labute approximate surface area is 106 Å². The fourth-order valence-corrected chi connectivity index (χ4v) is 2.28. The van der Waals surface area contributed by atoms with Crippen molar-refractivity contribution in [1.29, 1.82) is 0 Å². The molecule has 0 radical (unpaired) electrons. The highest BCUT2D eigenvalue weighted by Gasteiger charge is 2.22. The summed E-state index contributed by atoms with van der Waals surface area (Å²) in [5.41, 5.74) is 1.36. The van der Waals surface area contributed by atoms with Crippen LogP contribution in [0.2, 0.25) is 0 Å². The summed E-state index contributed by atoms with van der Waals surface area (Å²) in [6, 6.07) is 8.57. The van der Waals surface area contributed by atoms with E-state index in [2.05, 4.69) is 60.7 Å². The number of rotatable bonds is 5. The molecule has 0 saturated carbocycles. The van der Waals surface area contributed by atoms with Crippen LogP contribution in [-0.4, -0.2) is 11.7 Å². The standard InChI is InChI=1S/C13H19IO/c1-3-8-13(2,10-15)9-11-4-6-12(14)7-5-11/h4-7,15H,3,8-10H2,1-2H3. The van der Waals surface area contributed by atoms with Gasteiger partial charge in [0.2, 0.25) is 0 Å². The summed E-state index contributed by atoms with van der Waals surface area (Å²) in [6.07, 6.45) is 3.17. The Bertz CT molecular complexity index is 294. The van der Waals surface area contributed by atoms with Gasteiger partial charge >= 0.3 is 0 Å². The molecule has 0 amide bonds. The van der Waals surface area contributed by atoms with Gasteiger partial charge in [0.05, 0.1) is 0 Å². The van der Waals surface area contributed by atoms with Gasteiger partial charge in [0.15, 0.2) is 0 Å². The molecular weight excluding hydrogens is 299 g/mol. The SMILES string of the molecule is CCCC(C)(CO)Cc1ccc(I)cc1. The average Bonchev–Trinajstić information content (AvgIpc) is 2.22. The second-order valence-corrected chi connectivity index (χ2v) is 5.77. The molecule has 0 heterocycles. The van der Waals surface area contributed by atoms with Crippen LogP contribution in [0, 0.1) is 8.99 Å². The third kappa shape index (κ3) is 4.11. The van der Waals surface area contributed by atoms with Gasteiger partial charge in [0.25, 0.3) is 0 Å². The fraction of sp³-hybridized carbons (Fsp3) is 0.538. The Balaban J connectivity index is 2.70. The highest BCUT2D eigenvalue weighted by atomic mass is 127. The van der Waals surface area contributed by atoms with Crippen LogP contribution in [0.3, 0.4) is 0 Å². The minimum atomic E-state index is 0.0432. The summed E-state index contributed by atoms with van der Waals surface area (Å²) in [5.74, 6) is 0. The summed E-state index contributed by atoms with van der Waals surface area (Å²) >= 11 is 2.31. The van der Waals surface area contributed by atoms with Gasteiger partial charge in [0, 0.05) is 10.2 Å². The number of halogens is 1. The molecule has 0 spiro atoms. The summed E-state index contributed by atoms with van der Waals surface area (Å²) in [7, 11) is 0. The second kappa shape index (κ2) is 5.85. The van der Waals surface area contributed by atoms with Crippen molar-refractivity contribution in [3.8, 4) is 0 Å². The smallest absolute Gasteiger partial charge is 0.0487 e. The molecule has 0 saturated heterocycles. The molecule has 2 heteroatoms. The van der Waals surface area contributed by atoms with Crippen molar-refractivity contribution in [2.45, 2.75) is 33.1 Å². The van der Waals surface area contributed by atoms with Crippen LogP contribution >= 0.6 is 22.6 Å². The molecule has 1 aromatic rings. The summed E-state index contributed by atoms with van der Waals surface area (Å²) in [5, 5.41) is 9.43. The number of benzene rings is 1. The normalized spacial score (nSPS) is 14.9. The number of hydrogen-bond donors (Lipinski definition) is 1. The lowest BCUT2D eigenvalue weighted by molar-refractivity contribution is 0.131. The van der Waals surface area contributed by atoms with E-state index in [9.17, 15) is 5.11 Å². The van der Waals surface area contributed by atoms with Crippen molar-refractivity contribution >= 4 is 22.6 Å². The van der Waals surface area contributed by atoms with Gasteiger partial charge in [0.1, 0.15) is 0 Å². The third-order valence-corrected chi connectivity index (χ3v) is 3.50. The molecule has 0 bridgehead atoms. The Morgan fingerprint density at radius 3 is 2.33 bits per heavy atom. The summed E-state index contributed by atoms with van der Waals surface area (Å²) in [6.45, 7) is 4.60. The van der Waals surface area contributed by atoms with Crippen molar-refractivity contribution in [3.63, 3.8) is 0 Å². The zero-order valence-corrected chi connectivity index (χ0v) is 11.6. The van der Waals surface area contributed by atoms with E-state index in [-0.39, 0.29) is 12.0 Å². The van der Waals surface area contributed by atoms with E-state index in [0.717, 1.165) is 19.3 Å². The second-order valence-electron chi connectivity index (χ2n) is 4.52. The molecule has 0 fully saturated rings. The maximum Gasteiger partial charge on any atom is 0.0487 e. The number of hydrogen-bond acceptors (Lipinski definition) is 1. The number of aliphatic hydroxyl groups excluding tert-OH is 1. The molecule has 0 aliphatic rings. The van der Waals surface area contributed by atoms with Crippen LogP contribution in [0.15, 0.2) is 24.3 Å². The van der Waals surface area contributed by atoms with Crippen molar-refractivity contribution in [1.82, 2.24) is 0 Å². The predicted octanol–water partition coefficient (Wildman–Crippen LogP) is 3.63. The molecule has 0 aliphatic heterocycles. The first kappa shape index (κ1) is 13.0. The van der Waals surface area contributed by atoms with E-state index in [1.165, 1.54) is 9.13 Å². The van der Waals surface area contributed by atoms with Crippen LogP contribution < -0.4 is 0 Å². The van der Waals surface area contributed by atoms with Gasteiger partial charge in [-0.1, -0.05) is 32.4 Å². The van der Waals surface area contributed by atoms with E-state index in [1.807, 2.05) is 0 Å². The van der Waals surface area contributed by atoms with Gasteiger partial charge in [-0.3, -0.25) is 0 Å².